The van der Waals surface area contributed by atoms with E-state index >= 15 is 0 Å². The quantitative estimate of drug-likeness (QED) is 0.915. The highest BCUT2D eigenvalue weighted by Gasteiger charge is 2.28. The summed E-state index contributed by atoms with van der Waals surface area (Å²) in [5, 5.41) is 3.42. The van der Waals surface area contributed by atoms with Crippen LogP contribution in [0.5, 0.6) is 0 Å². The van der Waals surface area contributed by atoms with Crippen molar-refractivity contribution in [2.75, 3.05) is 39.3 Å². The zero-order valence-electron chi connectivity index (χ0n) is 10.6. The van der Waals surface area contributed by atoms with Gasteiger partial charge in [-0.3, -0.25) is 9.80 Å². The molecule has 1 aromatic rings. The van der Waals surface area contributed by atoms with Crippen LogP contribution in [-0.4, -0.2) is 55.1 Å². The fourth-order valence-corrected chi connectivity index (χ4v) is 4.09. The van der Waals surface area contributed by atoms with Gasteiger partial charge in [0.1, 0.15) is 0 Å². The highest BCUT2D eigenvalue weighted by molar-refractivity contribution is 7.16. The summed E-state index contributed by atoms with van der Waals surface area (Å²) in [4.78, 5) is 6.60. The Morgan fingerprint density at radius 3 is 2.83 bits per heavy atom. The van der Waals surface area contributed by atoms with Crippen LogP contribution in [0.15, 0.2) is 12.1 Å². The van der Waals surface area contributed by atoms with E-state index in [1.165, 1.54) is 37.5 Å². The van der Waals surface area contributed by atoms with Crippen molar-refractivity contribution in [2.45, 2.75) is 19.0 Å². The Morgan fingerprint density at radius 1 is 1.28 bits per heavy atom. The lowest BCUT2D eigenvalue weighted by Crippen LogP contribution is -2.49. The molecule has 2 saturated heterocycles. The lowest BCUT2D eigenvalue weighted by atomic mass is 10.2. The molecule has 1 unspecified atom stereocenters. The van der Waals surface area contributed by atoms with Crippen molar-refractivity contribution in [1.82, 2.24) is 15.1 Å². The van der Waals surface area contributed by atoms with Gasteiger partial charge in [-0.15, -0.1) is 11.3 Å². The molecule has 1 aromatic heterocycles. The van der Waals surface area contributed by atoms with Gasteiger partial charge in [0, 0.05) is 56.7 Å². The number of hydrogen-bond donors (Lipinski definition) is 1. The maximum absolute atomic E-state index is 5.98. The first kappa shape index (κ1) is 12.9. The van der Waals surface area contributed by atoms with Gasteiger partial charge in [-0.1, -0.05) is 11.6 Å². The van der Waals surface area contributed by atoms with Gasteiger partial charge in [0.05, 0.1) is 4.34 Å². The molecule has 0 aromatic carbocycles. The number of nitrogens with zero attached hydrogens (tertiary/aromatic N) is 2. The molecule has 3 rings (SSSR count). The normalized spacial score (nSPS) is 26.8. The van der Waals surface area contributed by atoms with Gasteiger partial charge in [0.25, 0.3) is 0 Å². The molecule has 0 amide bonds. The Kier molecular flexibility index (Phi) is 4.21. The lowest BCUT2D eigenvalue weighted by Gasteiger charge is -2.32. The zero-order valence-corrected chi connectivity index (χ0v) is 12.1. The number of piperazine rings is 1. The van der Waals surface area contributed by atoms with Crippen molar-refractivity contribution in [3.05, 3.63) is 21.3 Å². The Labute approximate surface area is 118 Å². The molecule has 5 heteroatoms. The molecule has 0 spiro atoms. The van der Waals surface area contributed by atoms with Gasteiger partial charge in [0.15, 0.2) is 0 Å². The smallest absolute Gasteiger partial charge is 0.0931 e. The molecule has 2 aliphatic heterocycles. The van der Waals surface area contributed by atoms with Gasteiger partial charge in [-0.05, 0) is 18.6 Å². The number of hydrogen-bond acceptors (Lipinski definition) is 4. The second-order valence-electron chi connectivity index (χ2n) is 5.17. The highest BCUT2D eigenvalue weighted by atomic mass is 35.5. The summed E-state index contributed by atoms with van der Waals surface area (Å²) < 4.78 is 0.905. The molecular formula is C13H20ClN3S. The number of rotatable bonds is 3. The molecule has 1 N–H and O–H groups in total. The molecule has 0 bridgehead atoms. The molecule has 18 heavy (non-hydrogen) atoms. The summed E-state index contributed by atoms with van der Waals surface area (Å²) in [6.07, 6.45) is 1.32. The second-order valence-corrected chi connectivity index (χ2v) is 6.97. The topological polar surface area (TPSA) is 18.5 Å². The minimum absolute atomic E-state index is 0.766. The van der Waals surface area contributed by atoms with Crippen LogP contribution in [-0.2, 0) is 6.54 Å². The van der Waals surface area contributed by atoms with E-state index < -0.39 is 0 Å². The third kappa shape index (κ3) is 3.06. The van der Waals surface area contributed by atoms with Crippen molar-refractivity contribution < 1.29 is 0 Å². The average molecular weight is 286 g/mol. The zero-order chi connectivity index (χ0) is 12.4. The third-order valence-electron chi connectivity index (χ3n) is 3.92. The van der Waals surface area contributed by atoms with E-state index in [1.54, 1.807) is 11.3 Å². The SMILES string of the molecule is Clc1ccc(CN2CCC(N3CCNCC3)C2)s1. The summed E-state index contributed by atoms with van der Waals surface area (Å²) in [6.45, 7) is 8.24. The Hall–Kier alpha value is -0.130. The van der Waals surface area contributed by atoms with Crippen LogP contribution in [0.25, 0.3) is 0 Å². The fraction of sp³-hybridized carbons (Fsp3) is 0.692. The first-order chi connectivity index (χ1) is 8.81. The number of likely N-dealkylation sites (tertiary alicyclic amines) is 1. The van der Waals surface area contributed by atoms with Gasteiger partial charge in [0.2, 0.25) is 0 Å². The van der Waals surface area contributed by atoms with Gasteiger partial charge >= 0.3 is 0 Å². The van der Waals surface area contributed by atoms with E-state index in [-0.39, 0.29) is 0 Å². The molecule has 3 nitrogen and oxygen atoms in total. The van der Waals surface area contributed by atoms with E-state index in [0.29, 0.717) is 0 Å². The van der Waals surface area contributed by atoms with E-state index in [1.807, 2.05) is 6.07 Å². The van der Waals surface area contributed by atoms with Crippen molar-refractivity contribution >= 4 is 22.9 Å². The van der Waals surface area contributed by atoms with Gasteiger partial charge in [-0.25, -0.2) is 0 Å². The van der Waals surface area contributed by atoms with Crippen LogP contribution in [0.1, 0.15) is 11.3 Å². The highest BCUT2D eigenvalue weighted by Crippen LogP contribution is 2.25. The number of halogens is 1. The molecule has 3 heterocycles. The van der Waals surface area contributed by atoms with E-state index in [2.05, 4.69) is 21.2 Å². The van der Waals surface area contributed by atoms with Gasteiger partial charge < -0.3 is 5.32 Å². The van der Waals surface area contributed by atoms with Crippen molar-refractivity contribution in [1.29, 1.82) is 0 Å². The minimum Gasteiger partial charge on any atom is -0.314 e. The molecule has 1 atom stereocenters. The van der Waals surface area contributed by atoms with Crippen LogP contribution in [0, 0.1) is 0 Å². The van der Waals surface area contributed by atoms with Crippen molar-refractivity contribution in [2.24, 2.45) is 0 Å². The summed E-state index contributed by atoms with van der Waals surface area (Å²) >= 11 is 7.69. The first-order valence-electron chi connectivity index (χ1n) is 6.72. The van der Waals surface area contributed by atoms with Crippen LogP contribution in [0.2, 0.25) is 4.34 Å². The largest absolute Gasteiger partial charge is 0.314 e. The van der Waals surface area contributed by atoms with Crippen LogP contribution < -0.4 is 5.32 Å². The molecule has 2 aliphatic rings. The lowest BCUT2D eigenvalue weighted by molar-refractivity contribution is 0.170. The van der Waals surface area contributed by atoms with Crippen molar-refractivity contribution in [3.8, 4) is 0 Å². The van der Waals surface area contributed by atoms with E-state index in [9.17, 15) is 0 Å². The van der Waals surface area contributed by atoms with E-state index in [4.69, 9.17) is 11.6 Å². The van der Waals surface area contributed by atoms with Crippen LogP contribution in [0.4, 0.5) is 0 Å². The Balaban J connectivity index is 1.51. The summed E-state index contributed by atoms with van der Waals surface area (Å²) in [7, 11) is 0. The standard InChI is InChI=1S/C13H20ClN3S/c14-13-2-1-12(18-13)10-16-6-3-11(9-16)17-7-4-15-5-8-17/h1-2,11,15H,3-10H2. The Bertz CT molecular complexity index is 389. The van der Waals surface area contributed by atoms with E-state index in [0.717, 1.165) is 30.0 Å². The predicted molar refractivity (Wildman–Crippen MR) is 77.5 cm³/mol. The minimum atomic E-state index is 0.766. The predicted octanol–water partition coefficient (Wildman–Crippen LogP) is 1.88. The molecule has 0 radical (unpaired) electrons. The number of nitrogens with one attached hydrogen (secondary N) is 1. The molecule has 0 aliphatic carbocycles. The third-order valence-corrected chi connectivity index (χ3v) is 5.14. The van der Waals surface area contributed by atoms with Crippen LogP contribution in [0.3, 0.4) is 0 Å². The summed E-state index contributed by atoms with van der Waals surface area (Å²) in [6, 6.07) is 4.93. The number of thiophene rings is 1. The van der Waals surface area contributed by atoms with Crippen LogP contribution >= 0.6 is 22.9 Å². The summed E-state index contributed by atoms with van der Waals surface area (Å²) in [5.74, 6) is 0. The molecule has 2 fully saturated rings. The monoisotopic (exact) mass is 285 g/mol. The maximum Gasteiger partial charge on any atom is 0.0931 e. The fourth-order valence-electron chi connectivity index (χ4n) is 2.96. The maximum atomic E-state index is 5.98. The first-order valence-corrected chi connectivity index (χ1v) is 7.92. The summed E-state index contributed by atoms with van der Waals surface area (Å²) in [5.41, 5.74) is 0. The molecule has 0 saturated carbocycles. The average Bonchev–Trinajstić information content (AvgIpc) is 3.01. The second kappa shape index (κ2) is 5.88. The molecule has 100 valence electrons. The Morgan fingerprint density at radius 2 is 2.11 bits per heavy atom. The van der Waals surface area contributed by atoms with Crippen molar-refractivity contribution in [3.63, 3.8) is 0 Å². The molecular weight excluding hydrogens is 266 g/mol. The van der Waals surface area contributed by atoms with Gasteiger partial charge in [-0.2, -0.15) is 0 Å².